The van der Waals surface area contributed by atoms with E-state index in [0.717, 1.165) is 0 Å². The molecule has 0 aliphatic rings. The van der Waals surface area contributed by atoms with Gasteiger partial charge < -0.3 is 14.5 Å². The minimum Gasteiger partial charge on any atom is -0.456 e. The lowest BCUT2D eigenvalue weighted by Crippen LogP contribution is -2.28. The predicted octanol–water partition coefficient (Wildman–Crippen LogP) is 1.38. The zero-order chi connectivity index (χ0) is 12.8. The lowest BCUT2D eigenvalue weighted by atomic mass is 10.1. The van der Waals surface area contributed by atoms with Crippen LogP contribution in [-0.2, 0) is 18.6 Å². The van der Waals surface area contributed by atoms with E-state index in [2.05, 4.69) is 4.52 Å². The van der Waals surface area contributed by atoms with Gasteiger partial charge in [-0.2, -0.15) is 0 Å². The van der Waals surface area contributed by atoms with Crippen LogP contribution in [-0.4, -0.2) is 28.0 Å². The third-order valence-corrected chi connectivity index (χ3v) is 2.16. The predicted molar refractivity (Wildman–Crippen MR) is 57.6 cm³/mol. The van der Waals surface area contributed by atoms with Gasteiger partial charge in [-0.3, -0.25) is 4.52 Å². The number of phosphoric ester groups is 1. The molecule has 0 aliphatic carbocycles. The van der Waals surface area contributed by atoms with Crippen LogP contribution >= 0.6 is 7.82 Å². The lowest BCUT2D eigenvalue weighted by molar-refractivity contribution is -0.151. The Balaban J connectivity index is 4.05. The molecule has 0 aliphatic heterocycles. The first-order chi connectivity index (χ1) is 7.16. The Morgan fingerprint density at radius 2 is 2.00 bits per heavy atom. The maximum atomic E-state index is 11.1. The normalized spacial score (nSPS) is 13.1. The van der Waals surface area contributed by atoms with Gasteiger partial charge in [-0.05, 0) is 20.8 Å². The van der Waals surface area contributed by atoms with Crippen molar-refractivity contribution in [2.75, 3.05) is 6.61 Å². The highest BCUT2D eigenvalue weighted by molar-refractivity contribution is 7.46. The van der Waals surface area contributed by atoms with Crippen molar-refractivity contribution in [3.63, 3.8) is 0 Å². The second-order valence-corrected chi connectivity index (χ2v) is 4.99. The molecule has 0 aromatic carbocycles. The van der Waals surface area contributed by atoms with Crippen molar-refractivity contribution in [1.29, 1.82) is 0 Å². The summed E-state index contributed by atoms with van der Waals surface area (Å²) in [6, 6.07) is 0. The Morgan fingerprint density at radius 1 is 1.44 bits per heavy atom. The van der Waals surface area contributed by atoms with Gasteiger partial charge in [0.15, 0.2) is 0 Å². The zero-order valence-electron chi connectivity index (χ0n) is 9.54. The largest absolute Gasteiger partial charge is 0.469 e. The molecule has 16 heavy (non-hydrogen) atoms. The highest BCUT2D eigenvalue weighted by atomic mass is 31.2. The Kier molecular flexibility index (Phi) is 5.89. The standard InChI is InChI=1S/C9H17O6P/c1-4-5-8(10)15-9(2,3)6-7-14-16(11,12)13/h4-5H,6-7H2,1-3H3,(H2,11,12,13). The van der Waals surface area contributed by atoms with E-state index >= 15 is 0 Å². The quantitative estimate of drug-likeness (QED) is 0.421. The van der Waals surface area contributed by atoms with Gasteiger partial charge in [-0.1, -0.05) is 6.08 Å². The first kappa shape index (κ1) is 15.3. The molecule has 0 radical (unpaired) electrons. The van der Waals surface area contributed by atoms with Crippen molar-refractivity contribution >= 4 is 13.8 Å². The van der Waals surface area contributed by atoms with Crippen molar-refractivity contribution < 1.29 is 28.4 Å². The molecule has 6 nitrogen and oxygen atoms in total. The van der Waals surface area contributed by atoms with E-state index in [1.165, 1.54) is 6.08 Å². The Labute approximate surface area is 94.5 Å². The number of hydrogen-bond donors (Lipinski definition) is 2. The Hall–Kier alpha value is -0.680. The van der Waals surface area contributed by atoms with Crippen molar-refractivity contribution in [1.82, 2.24) is 0 Å². The van der Waals surface area contributed by atoms with Crippen LogP contribution in [0.1, 0.15) is 27.2 Å². The van der Waals surface area contributed by atoms with Crippen molar-refractivity contribution in [3.05, 3.63) is 12.2 Å². The molecule has 0 fully saturated rings. The van der Waals surface area contributed by atoms with Crippen molar-refractivity contribution in [2.24, 2.45) is 0 Å². The highest BCUT2D eigenvalue weighted by Crippen LogP contribution is 2.36. The van der Waals surface area contributed by atoms with Gasteiger partial charge >= 0.3 is 13.8 Å². The van der Waals surface area contributed by atoms with Gasteiger partial charge in [-0.25, -0.2) is 9.36 Å². The second-order valence-electron chi connectivity index (χ2n) is 3.75. The summed E-state index contributed by atoms with van der Waals surface area (Å²) in [4.78, 5) is 28.0. The van der Waals surface area contributed by atoms with Crippen LogP contribution in [0.3, 0.4) is 0 Å². The van der Waals surface area contributed by atoms with Crippen LogP contribution in [0.4, 0.5) is 0 Å². The summed E-state index contributed by atoms with van der Waals surface area (Å²) in [5, 5.41) is 0. The summed E-state index contributed by atoms with van der Waals surface area (Å²) in [5.41, 5.74) is -0.828. The molecule has 0 atom stereocenters. The van der Waals surface area contributed by atoms with Gasteiger partial charge in [0, 0.05) is 12.5 Å². The zero-order valence-corrected chi connectivity index (χ0v) is 10.4. The molecular formula is C9H17O6P. The molecule has 0 saturated carbocycles. The number of allylic oxidation sites excluding steroid dienone is 1. The SMILES string of the molecule is CC=CC(=O)OC(C)(C)CCOP(=O)(O)O. The number of hydrogen-bond acceptors (Lipinski definition) is 4. The fourth-order valence-corrected chi connectivity index (χ4v) is 1.23. The third-order valence-electron chi connectivity index (χ3n) is 1.64. The molecule has 7 heteroatoms. The fourth-order valence-electron chi connectivity index (χ4n) is 0.904. The molecule has 0 saturated heterocycles. The van der Waals surface area contributed by atoms with Gasteiger partial charge in [0.2, 0.25) is 0 Å². The number of carbonyl (C=O) groups is 1. The molecule has 0 spiro atoms. The molecule has 0 bridgehead atoms. The molecule has 0 aromatic rings. The minimum absolute atomic E-state index is 0.180. The highest BCUT2D eigenvalue weighted by Gasteiger charge is 2.23. The van der Waals surface area contributed by atoms with E-state index in [1.807, 2.05) is 0 Å². The maximum absolute atomic E-state index is 11.1. The summed E-state index contributed by atoms with van der Waals surface area (Å²) in [7, 11) is -4.45. The van der Waals surface area contributed by atoms with Crippen LogP contribution in [0.2, 0.25) is 0 Å². The van der Waals surface area contributed by atoms with E-state index in [9.17, 15) is 9.36 Å². The minimum atomic E-state index is -4.45. The third kappa shape index (κ3) is 8.61. The van der Waals surface area contributed by atoms with Crippen LogP contribution in [0.25, 0.3) is 0 Å². The Morgan fingerprint density at radius 3 is 2.44 bits per heavy atom. The van der Waals surface area contributed by atoms with Crippen LogP contribution in [0.15, 0.2) is 12.2 Å². The summed E-state index contributed by atoms with van der Waals surface area (Å²) in [5.74, 6) is -0.497. The van der Waals surface area contributed by atoms with Crippen LogP contribution < -0.4 is 0 Å². The molecular weight excluding hydrogens is 235 g/mol. The summed E-state index contributed by atoms with van der Waals surface area (Å²) >= 11 is 0. The number of phosphoric acid groups is 1. The van der Waals surface area contributed by atoms with Gasteiger partial charge in [0.25, 0.3) is 0 Å². The number of rotatable bonds is 6. The summed E-state index contributed by atoms with van der Waals surface area (Å²) < 4.78 is 19.7. The van der Waals surface area contributed by atoms with Crippen molar-refractivity contribution in [3.8, 4) is 0 Å². The first-order valence-corrected chi connectivity index (χ1v) is 6.25. The van der Waals surface area contributed by atoms with Crippen LogP contribution in [0, 0.1) is 0 Å². The molecule has 0 unspecified atom stereocenters. The van der Waals surface area contributed by atoms with E-state index in [-0.39, 0.29) is 13.0 Å². The van der Waals surface area contributed by atoms with Gasteiger partial charge in [0.05, 0.1) is 6.61 Å². The second kappa shape index (κ2) is 6.15. The molecule has 0 heterocycles. The van der Waals surface area contributed by atoms with E-state index < -0.39 is 19.4 Å². The smallest absolute Gasteiger partial charge is 0.456 e. The molecule has 0 amide bonds. The maximum Gasteiger partial charge on any atom is 0.469 e. The van der Waals surface area contributed by atoms with Crippen molar-refractivity contribution in [2.45, 2.75) is 32.8 Å². The van der Waals surface area contributed by atoms with Crippen LogP contribution in [0.5, 0.6) is 0 Å². The van der Waals surface area contributed by atoms with Gasteiger partial charge in [-0.15, -0.1) is 0 Å². The Bertz CT molecular complexity index is 303. The fraction of sp³-hybridized carbons (Fsp3) is 0.667. The molecule has 0 rings (SSSR count). The average molecular weight is 252 g/mol. The monoisotopic (exact) mass is 252 g/mol. The average Bonchev–Trinajstić information content (AvgIpc) is 1.99. The summed E-state index contributed by atoms with van der Waals surface area (Å²) in [6.45, 7) is 4.78. The van der Waals surface area contributed by atoms with E-state index in [0.29, 0.717) is 0 Å². The lowest BCUT2D eigenvalue weighted by Gasteiger charge is -2.24. The van der Waals surface area contributed by atoms with Gasteiger partial charge in [0.1, 0.15) is 5.60 Å². The topological polar surface area (TPSA) is 93.1 Å². The van der Waals surface area contributed by atoms with E-state index in [4.69, 9.17) is 14.5 Å². The summed E-state index contributed by atoms with van der Waals surface area (Å²) in [6.07, 6.45) is 3.01. The molecule has 94 valence electrons. The number of esters is 1. The number of carbonyl (C=O) groups excluding carboxylic acids is 1. The molecule has 2 N–H and O–H groups in total. The molecule has 0 aromatic heterocycles. The first-order valence-electron chi connectivity index (χ1n) is 4.72. The number of ether oxygens (including phenoxy) is 1. The van der Waals surface area contributed by atoms with E-state index in [1.54, 1.807) is 26.8 Å².